The van der Waals surface area contributed by atoms with Crippen molar-refractivity contribution in [2.24, 2.45) is 0 Å². The molecule has 0 aliphatic carbocycles. The van der Waals surface area contributed by atoms with Gasteiger partial charge >= 0.3 is 0 Å². The molecule has 0 aliphatic rings. The van der Waals surface area contributed by atoms with Crippen LogP contribution < -0.4 is 0 Å². The summed E-state index contributed by atoms with van der Waals surface area (Å²) in [7, 11) is 0. The number of rotatable bonds is 0. The summed E-state index contributed by atoms with van der Waals surface area (Å²) >= 11 is 0. The molecule has 37 valence electrons. The van der Waals surface area contributed by atoms with Crippen LogP contribution in [0.4, 0.5) is 0 Å². The quantitative estimate of drug-likeness (QED) is 0.509. The maximum absolute atomic E-state index is 0. The average molecular weight is 198 g/mol. The summed E-state index contributed by atoms with van der Waals surface area (Å²) < 4.78 is 0. The van der Waals surface area contributed by atoms with Crippen molar-refractivity contribution in [1.82, 2.24) is 0 Å². The van der Waals surface area contributed by atoms with E-state index in [4.69, 9.17) is 0 Å². The van der Waals surface area contributed by atoms with E-state index < -0.39 is 0 Å². The first kappa shape index (κ1) is 108. The first-order valence-corrected chi connectivity index (χ1v) is 0. The smallest absolute Gasteiger partial charge is 0 e. The van der Waals surface area contributed by atoms with Gasteiger partial charge < -0.3 is 16.4 Å². The van der Waals surface area contributed by atoms with Crippen molar-refractivity contribution < 1.29 is 59.4 Å². The molecule has 3 nitrogen and oxygen atoms in total. The van der Waals surface area contributed by atoms with E-state index in [0.29, 0.717) is 0 Å². The van der Waals surface area contributed by atoms with Crippen LogP contribution in [0.25, 0.3) is 0 Å². The van der Waals surface area contributed by atoms with E-state index in [1.165, 1.54) is 0 Å². The minimum absolute atomic E-state index is 0. The molecule has 0 saturated carbocycles. The SMILES string of the molecule is [Co].[O-2].[O-2].[O-2].[Zr]. The molecule has 0 rings (SSSR count). The van der Waals surface area contributed by atoms with E-state index in [2.05, 4.69) is 0 Å². The van der Waals surface area contributed by atoms with Gasteiger partial charge in [0, 0.05) is 43.0 Å². The normalized spacial score (nSPS) is 0. The van der Waals surface area contributed by atoms with Gasteiger partial charge in [0.15, 0.2) is 0 Å². The molecule has 0 fully saturated rings. The van der Waals surface area contributed by atoms with E-state index in [-0.39, 0.29) is 59.4 Å². The van der Waals surface area contributed by atoms with Crippen LogP contribution >= 0.6 is 0 Å². The molecule has 5 heavy (non-hydrogen) atoms. The molecule has 0 aliphatic heterocycles. The Balaban J connectivity index is 0. The summed E-state index contributed by atoms with van der Waals surface area (Å²) in [6, 6.07) is 0. The van der Waals surface area contributed by atoms with Crippen molar-refractivity contribution in [2.75, 3.05) is 0 Å². The molecule has 0 unspecified atom stereocenters. The molecular formula is CoO3Zr-6. The number of hydrogen-bond acceptors (Lipinski definition) is 0. The summed E-state index contributed by atoms with van der Waals surface area (Å²) in [5.74, 6) is 0. The predicted octanol–water partition coefficient (Wildman–Crippen LogP) is -0.361. The zero-order valence-electron chi connectivity index (χ0n) is 2.06. The largest absolute Gasteiger partial charge is 2.00 e. The molecule has 0 bridgehead atoms. The summed E-state index contributed by atoms with van der Waals surface area (Å²) in [6.07, 6.45) is 0. The molecule has 1 radical (unpaired) electrons. The van der Waals surface area contributed by atoms with Crippen LogP contribution in [-0.4, -0.2) is 0 Å². The Morgan fingerprint density at radius 2 is 0.600 bits per heavy atom. The van der Waals surface area contributed by atoms with Crippen molar-refractivity contribution >= 4 is 0 Å². The zero-order chi connectivity index (χ0) is 0. The summed E-state index contributed by atoms with van der Waals surface area (Å²) in [5, 5.41) is 0. The second kappa shape index (κ2) is 59.6. The fourth-order valence-corrected chi connectivity index (χ4v) is 0. The van der Waals surface area contributed by atoms with Crippen molar-refractivity contribution in [1.29, 1.82) is 0 Å². The zero-order valence-corrected chi connectivity index (χ0v) is 5.56. The molecule has 0 aromatic carbocycles. The molecule has 5 heteroatoms. The van der Waals surface area contributed by atoms with Gasteiger partial charge in [-0.1, -0.05) is 0 Å². The van der Waals surface area contributed by atoms with Crippen LogP contribution in [0.3, 0.4) is 0 Å². The van der Waals surface area contributed by atoms with E-state index in [1.807, 2.05) is 0 Å². The first-order chi connectivity index (χ1) is 0. The Bertz CT molecular complexity index is 6.85. The molecule has 0 saturated heterocycles. The monoisotopic (exact) mass is 197 g/mol. The number of hydrogen-bond donors (Lipinski definition) is 0. The van der Waals surface area contributed by atoms with Crippen molar-refractivity contribution in [3.05, 3.63) is 0 Å². The third-order valence-electron chi connectivity index (χ3n) is 0. The van der Waals surface area contributed by atoms with Crippen LogP contribution in [0.1, 0.15) is 0 Å². The minimum atomic E-state index is 0. The van der Waals surface area contributed by atoms with E-state index in [0.717, 1.165) is 0 Å². The average Bonchev–Trinajstić information content (AvgIpc) is 0. The van der Waals surface area contributed by atoms with Gasteiger partial charge in [-0.05, 0) is 0 Å². The van der Waals surface area contributed by atoms with E-state index in [9.17, 15) is 0 Å². The second-order valence-electron chi connectivity index (χ2n) is 0. The Morgan fingerprint density at radius 1 is 0.600 bits per heavy atom. The third-order valence-corrected chi connectivity index (χ3v) is 0. The molecule has 0 aromatic rings. The molecule has 0 heterocycles. The van der Waals surface area contributed by atoms with Gasteiger partial charge in [-0.15, -0.1) is 0 Å². The topological polar surface area (TPSA) is 85.5 Å². The molecule has 0 spiro atoms. The van der Waals surface area contributed by atoms with Crippen molar-refractivity contribution in [3.8, 4) is 0 Å². The standard InChI is InChI=1S/Co.3O.Zr/q;3*-2;. The van der Waals surface area contributed by atoms with E-state index >= 15 is 0 Å². The summed E-state index contributed by atoms with van der Waals surface area (Å²) in [6.45, 7) is 0. The Labute approximate surface area is 59.4 Å². The second-order valence-corrected chi connectivity index (χ2v) is 0. The molecule has 0 amide bonds. The first-order valence-electron chi connectivity index (χ1n) is 0. The Hall–Kier alpha value is 1.27. The predicted molar refractivity (Wildman–Crippen MR) is 2.06 cm³/mol. The third kappa shape index (κ3) is 34.9. The van der Waals surface area contributed by atoms with Crippen LogP contribution in [0.5, 0.6) is 0 Å². The molecule has 0 atom stereocenters. The van der Waals surface area contributed by atoms with Gasteiger partial charge in [0.05, 0.1) is 0 Å². The van der Waals surface area contributed by atoms with Gasteiger partial charge in [-0.3, -0.25) is 0 Å². The fourth-order valence-electron chi connectivity index (χ4n) is 0. The maximum atomic E-state index is 0. The van der Waals surface area contributed by atoms with Gasteiger partial charge in [0.25, 0.3) is 0 Å². The summed E-state index contributed by atoms with van der Waals surface area (Å²) in [4.78, 5) is 0. The van der Waals surface area contributed by atoms with Gasteiger partial charge in [0.1, 0.15) is 0 Å². The molecule has 0 N–H and O–H groups in total. The van der Waals surface area contributed by atoms with Crippen molar-refractivity contribution in [3.63, 3.8) is 0 Å². The maximum Gasteiger partial charge on any atom is 0 e. The Morgan fingerprint density at radius 3 is 0.600 bits per heavy atom. The fraction of sp³-hybridized carbons (Fsp3) is 0. The van der Waals surface area contributed by atoms with E-state index in [1.54, 1.807) is 0 Å². The van der Waals surface area contributed by atoms with Crippen molar-refractivity contribution in [2.45, 2.75) is 0 Å². The van der Waals surface area contributed by atoms with Gasteiger partial charge in [-0.25, -0.2) is 0 Å². The van der Waals surface area contributed by atoms with Crippen LogP contribution in [0.2, 0.25) is 0 Å². The van der Waals surface area contributed by atoms with Crippen LogP contribution in [-0.2, 0) is 59.4 Å². The van der Waals surface area contributed by atoms with Crippen LogP contribution in [0, 0.1) is 0 Å². The minimum Gasteiger partial charge on any atom is -2.00 e. The molecular weight excluding hydrogens is 198 g/mol. The van der Waals surface area contributed by atoms with Gasteiger partial charge in [-0.2, -0.15) is 0 Å². The Kier molecular flexibility index (Phi) is 1290. The molecule has 0 aromatic heterocycles. The van der Waals surface area contributed by atoms with Crippen LogP contribution in [0.15, 0.2) is 0 Å². The summed E-state index contributed by atoms with van der Waals surface area (Å²) in [5.41, 5.74) is 0. The van der Waals surface area contributed by atoms with Gasteiger partial charge in [0.2, 0.25) is 0 Å².